The van der Waals surface area contributed by atoms with Crippen molar-refractivity contribution in [1.29, 1.82) is 0 Å². The second-order valence-electron chi connectivity index (χ2n) is 27.7. The molecule has 9 heteroatoms. The Morgan fingerprint density at radius 3 is 1.62 bits per heavy atom. The summed E-state index contributed by atoms with van der Waals surface area (Å²) in [6.07, 6.45) is 16.0. The Hall–Kier alpha value is -5.29. The Morgan fingerprint density at radius 2 is 1.15 bits per heavy atom. The number of anilines is 1. The van der Waals surface area contributed by atoms with Gasteiger partial charge in [-0.1, -0.05) is 106 Å². The monoisotopic (exact) mass is 1100 g/mol. The van der Waals surface area contributed by atoms with Crippen molar-refractivity contribution in [3.63, 3.8) is 0 Å². The van der Waals surface area contributed by atoms with Crippen LogP contribution in [0.4, 0.5) is 5.69 Å². The molecular formula is C71H85NO7S. The maximum Gasteiger partial charge on any atom is 0.175 e. The van der Waals surface area contributed by atoms with E-state index in [9.17, 15) is 28.2 Å². The minimum absolute atomic E-state index is 0.0414. The summed E-state index contributed by atoms with van der Waals surface area (Å²) in [4.78, 5) is 28.1. The fraction of sp³-hybridized carbons (Fsp3) is 0.549. The topological polar surface area (TPSA) is 121 Å². The second-order valence-corrected chi connectivity index (χ2v) is 29.7. The van der Waals surface area contributed by atoms with Gasteiger partial charge in [0.05, 0.1) is 11.5 Å². The Bertz CT molecular complexity index is 3360. The number of allylic oxidation sites excluding steroid dienone is 8. The highest BCUT2D eigenvalue weighted by Gasteiger charge is 2.64. The van der Waals surface area contributed by atoms with Gasteiger partial charge in [0.1, 0.15) is 16.8 Å². The van der Waals surface area contributed by atoms with E-state index >= 15 is 0 Å². The smallest absolute Gasteiger partial charge is 0.175 e. The van der Waals surface area contributed by atoms with E-state index in [0.29, 0.717) is 56.2 Å². The van der Waals surface area contributed by atoms with Crippen LogP contribution in [0.2, 0.25) is 0 Å². The molecule has 10 atom stereocenters. The van der Waals surface area contributed by atoms with Crippen LogP contribution in [0.25, 0.3) is 0 Å². The van der Waals surface area contributed by atoms with E-state index in [-0.39, 0.29) is 51.6 Å². The van der Waals surface area contributed by atoms with E-state index < -0.39 is 37.5 Å². The zero-order valence-corrected chi connectivity index (χ0v) is 50.0. The van der Waals surface area contributed by atoms with Crippen molar-refractivity contribution in [3.05, 3.63) is 141 Å². The Kier molecular flexibility index (Phi) is 14.5. The number of benzene rings is 3. The summed E-state index contributed by atoms with van der Waals surface area (Å²) in [6, 6.07) is 25.1. The molecule has 0 saturated heterocycles. The average molecular weight is 1100 g/mol. The first kappa shape index (κ1) is 56.6. The van der Waals surface area contributed by atoms with Gasteiger partial charge in [-0.05, 0) is 221 Å². The summed E-state index contributed by atoms with van der Waals surface area (Å²) >= 11 is 0. The first-order valence-electron chi connectivity index (χ1n) is 30.1. The normalized spacial score (nSPS) is 32.0. The summed E-state index contributed by atoms with van der Waals surface area (Å²) in [5.74, 6) is 15.5. The van der Waals surface area contributed by atoms with E-state index in [0.717, 1.165) is 69.9 Å². The van der Waals surface area contributed by atoms with Gasteiger partial charge in [-0.3, -0.25) is 9.59 Å². The number of nitrogens with zero attached hydrogens (tertiary/aromatic N) is 1. The van der Waals surface area contributed by atoms with Crippen molar-refractivity contribution in [3.8, 4) is 23.7 Å². The third kappa shape index (κ3) is 10.1. The molecule has 0 heterocycles. The fourth-order valence-electron chi connectivity index (χ4n) is 16.8. The molecule has 0 aliphatic heterocycles. The zero-order valence-electron chi connectivity index (χ0n) is 49.2. The van der Waals surface area contributed by atoms with Crippen molar-refractivity contribution in [2.75, 3.05) is 24.3 Å². The molecule has 4 fully saturated rings. The van der Waals surface area contributed by atoms with Crippen LogP contribution in [0.15, 0.2) is 123 Å². The molecule has 3 aromatic carbocycles. The molecule has 2 N–H and O–H groups in total. The van der Waals surface area contributed by atoms with Gasteiger partial charge >= 0.3 is 0 Å². The van der Waals surface area contributed by atoms with E-state index in [1.54, 1.807) is 24.3 Å². The highest BCUT2D eigenvalue weighted by Crippen LogP contribution is 2.68. The number of carbonyl (C=O) groups excluding carboxylic acids is 2. The number of ether oxygens (including phenoxy) is 1. The first-order valence-corrected chi connectivity index (χ1v) is 32.0. The molecule has 4 saturated carbocycles. The van der Waals surface area contributed by atoms with Gasteiger partial charge < -0.3 is 19.8 Å². The molecule has 0 bridgehead atoms. The second kappa shape index (κ2) is 20.5. The van der Waals surface area contributed by atoms with Crippen LogP contribution < -0.4 is 4.90 Å². The van der Waals surface area contributed by atoms with Crippen molar-refractivity contribution < 1.29 is 33.0 Å². The predicted molar refractivity (Wildman–Crippen MR) is 319 cm³/mol. The molecule has 0 aromatic heterocycles. The molecule has 0 spiro atoms. The molecule has 8 aliphatic carbocycles. The number of fused-ring (bicyclic) bond motifs is 8. The van der Waals surface area contributed by atoms with Crippen molar-refractivity contribution in [1.82, 2.24) is 0 Å². The van der Waals surface area contributed by atoms with Crippen LogP contribution in [0.5, 0.6) is 0 Å². The molecule has 0 unspecified atom stereocenters. The highest BCUT2D eigenvalue weighted by atomic mass is 32.2. The third-order valence-electron chi connectivity index (χ3n) is 21.3. The molecule has 0 amide bonds. The number of aliphatic hydroxyl groups is 2. The van der Waals surface area contributed by atoms with Crippen LogP contribution in [0.3, 0.4) is 0 Å². The van der Waals surface area contributed by atoms with Crippen LogP contribution in [-0.2, 0) is 29.6 Å². The van der Waals surface area contributed by atoms with E-state index in [1.165, 1.54) is 56.4 Å². The lowest BCUT2D eigenvalue weighted by Gasteiger charge is -2.53. The Labute approximate surface area is 477 Å². The zero-order chi connectivity index (χ0) is 57.0. The molecule has 3 aromatic rings. The van der Waals surface area contributed by atoms with Crippen molar-refractivity contribution >= 4 is 27.1 Å². The average Bonchev–Trinajstić information content (AvgIpc) is 3.88. The third-order valence-corrected chi connectivity index (χ3v) is 22.4. The van der Waals surface area contributed by atoms with Crippen LogP contribution in [0.1, 0.15) is 186 Å². The number of hydrogen-bond acceptors (Lipinski definition) is 8. The van der Waals surface area contributed by atoms with Crippen LogP contribution in [-0.4, -0.2) is 72.4 Å². The van der Waals surface area contributed by atoms with Crippen LogP contribution in [0, 0.1) is 58.2 Å². The Balaban J connectivity index is 0.821. The van der Waals surface area contributed by atoms with Gasteiger partial charge in [-0.25, -0.2) is 8.42 Å². The lowest BCUT2D eigenvalue weighted by Crippen LogP contribution is -2.51. The van der Waals surface area contributed by atoms with Gasteiger partial charge in [0.15, 0.2) is 21.4 Å². The van der Waals surface area contributed by atoms with Crippen molar-refractivity contribution in [2.45, 2.75) is 197 Å². The van der Waals surface area contributed by atoms with E-state index in [1.807, 2.05) is 26.0 Å². The molecule has 8 nitrogen and oxygen atoms in total. The summed E-state index contributed by atoms with van der Waals surface area (Å²) in [6.45, 7) is 20.9. The number of ketones is 2. The number of sulfone groups is 1. The fourth-order valence-corrected chi connectivity index (χ4v) is 17.4. The van der Waals surface area contributed by atoms with Gasteiger partial charge in [-0.15, -0.1) is 0 Å². The number of hydrogen-bond donors (Lipinski definition) is 2. The molecule has 422 valence electrons. The van der Waals surface area contributed by atoms with Gasteiger partial charge in [0.2, 0.25) is 0 Å². The van der Waals surface area contributed by atoms with E-state index in [2.05, 4.69) is 126 Å². The first-order chi connectivity index (χ1) is 37.7. The predicted octanol–water partition coefficient (Wildman–Crippen LogP) is 13.4. The molecular weight excluding hydrogens is 1010 g/mol. The van der Waals surface area contributed by atoms with Gasteiger partial charge in [0, 0.05) is 65.6 Å². The molecule has 0 radical (unpaired) electrons. The maximum absolute atomic E-state index is 13.0. The molecule has 80 heavy (non-hydrogen) atoms. The highest BCUT2D eigenvalue weighted by molar-refractivity contribution is 7.90. The lowest BCUT2D eigenvalue weighted by atomic mass is 9.51. The maximum atomic E-state index is 13.0. The number of carbonyl (C=O) groups is 2. The number of rotatable bonds is 9. The summed E-state index contributed by atoms with van der Waals surface area (Å²) < 4.78 is 31.0. The standard InChI is InChI=1S/C71H85NO7S/c1-45(2)72(39-40-79-67(6,7)37-38-71(76)36-33-63-59-28-18-49-41-53(73)23-29-56(49)64(59)60(44-69(63,71)9)47-13-19-51(20-14-47)66(3,4)5)52-21-15-48(16-22-52)61-43-68(8)62(58-27-17-50-42-54(74)24-30-57(50)65(58)61)32-35-70(68,75)34-31-46-11-25-55(26-12-46)80(10,77)78/h11-16,19-22,25-26,41-42,45,58-63,75-76H,17-18,23-24,27-30,32-33,35-36,39-40,43-44H2,1-10H3/t58-,59-,60+,61+,62-,63-,68-,69-,70-,71+/m0/s1. The minimum Gasteiger partial charge on any atom is -0.377 e. The minimum atomic E-state index is -3.34. The van der Waals surface area contributed by atoms with Gasteiger partial charge in [0.25, 0.3) is 0 Å². The quantitative estimate of drug-likeness (QED) is 0.203. The SMILES string of the molecule is CC(C)N(CCOC(C)(C)C#C[C@]1(O)CC[C@H]2[C@@H]3CCC4=CC(=O)CCC4=C3[C@@H](c3ccc(C(C)(C)C)cc3)C[C@@]21C)c1ccc([C@H]2C[C@@]3(C)[C@@H](CC[C@@]3(O)C#Cc3ccc(S(C)(=O)=O)cc3)[C@@H]3CCC4=CC(=O)CCC4=C32)cc1. The lowest BCUT2D eigenvalue weighted by molar-refractivity contribution is -0.115. The van der Waals surface area contributed by atoms with Crippen LogP contribution >= 0.6 is 0 Å². The van der Waals surface area contributed by atoms with E-state index in [4.69, 9.17) is 4.74 Å². The summed E-state index contributed by atoms with van der Waals surface area (Å²) in [5.41, 5.74) is 9.66. The summed E-state index contributed by atoms with van der Waals surface area (Å²) in [7, 11) is -3.34. The molecule has 8 aliphatic rings. The van der Waals surface area contributed by atoms with Crippen molar-refractivity contribution in [2.24, 2.45) is 34.5 Å². The molecule has 11 rings (SSSR count). The summed E-state index contributed by atoms with van der Waals surface area (Å²) in [5, 5.41) is 25.7. The largest absolute Gasteiger partial charge is 0.377 e. The van der Waals surface area contributed by atoms with Gasteiger partial charge in [-0.2, -0.15) is 0 Å². The Morgan fingerprint density at radius 1 is 0.662 bits per heavy atom.